The minimum Gasteiger partial charge on any atom is -0.351 e. The van der Waals surface area contributed by atoms with E-state index in [4.69, 9.17) is 28.9 Å². The number of amides is 2. The summed E-state index contributed by atoms with van der Waals surface area (Å²) in [5.74, 6) is 0. The highest BCUT2D eigenvalue weighted by Crippen LogP contribution is 2.32. The molecule has 9 heteroatoms. The number of aromatic nitrogens is 3. The molecule has 2 aliphatic rings. The van der Waals surface area contributed by atoms with Crippen LogP contribution < -0.4 is 5.73 Å². The predicted octanol–water partition coefficient (Wildman–Crippen LogP) is 4.98. The molecule has 2 aromatic carbocycles. The Bertz CT molecular complexity index is 1260. The normalized spacial score (nSPS) is 20.4. The van der Waals surface area contributed by atoms with Crippen LogP contribution in [-0.4, -0.2) is 63.0 Å². The van der Waals surface area contributed by atoms with E-state index < -0.39 is 0 Å². The van der Waals surface area contributed by atoms with Crippen LogP contribution >= 0.6 is 23.2 Å². The molecule has 1 unspecified atom stereocenters. The zero-order valence-electron chi connectivity index (χ0n) is 19.1. The standard InChI is InChI=1S/C25H28Cl2N6O/c1-16(21-6-5-19(26)14-22(21)27)33-24-13-18(4-7-23(24)29-30-33)17-8-11-31(12-9-17)20-3-2-10-32(15-20)25(28)34/h4-8,13-14,16,20H,2-3,9-12,15H2,1H3,(H2,28,34)/t16-,20?/m1/s1. The Morgan fingerprint density at radius 2 is 2.03 bits per heavy atom. The van der Waals surface area contributed by atoms with Gasteiger partial charge in [-0.2, -0.15) is 0 Å². The smallest absolute Gasteiger partial charge is 0.314 e. The van der Waals surface area contributed by atoms with Gasteiger partial charge in [0.25, 0.3) is 0 Å². The molecule has 2 aliphatic heterocycles. The molecule has 7 nitrogen and oxygen atoms in total. The molecule has 3 heterocycles. The zero-order chi connectivity index (χ0) is 23.8. The molecule has 2 atom stereocenters. The van der Waals surface area contributed by atoms with Crippen molar-refractivity contribution in [3.8, 4) is 0 Å². The minimum absolute atomic E-state index is 0.0830. The van der Waals surface area contributed by atoms with Gasteiger partial charge in [0.15, 0.2) is 0 Å². The summed E-state index contributed by atoms with van der Waals surface area (Å²) in [4.78, 5) is 15.8. The molecule has 2 amide bonds. The molecule has 0 radical (unpaired) electrons. The van der Waals surface area contributed by atoms with Crippen molar-refractivity contribution in [1.82, 2.24) is 24.8 Å². The Hall–Kier alpha value is -2.61. The first-order valence-electron chi connectivity index (χ1n) is 11.7. The van der Waals surface area contributed by atoms with Gasteiger partial charge in [0.1, 0.15) is 5.52 Å². The van der Waals surface area contributed by atoms with Crippen molar-refractivity contribution in [1.29, 1.82) is 0 Å². The van der Waals surface area contributed by atoms with Crippen LogP contribution in [-0.2, 0) is 0 Å². The van der Waals surface area contributed by atoms with Gasteiger partial charge in [0, 0.05) is 42.3 Å². The van der Waals surface area contributed by atoms with E-state index >= 15 is 0 Å². The van der Waals surface area contributed by atoms with E-state index in [9.17, 15) is 4.79 Å². The number of fused-ring (bicyclic) bond motifs is 1. The van der Waals surface area contributed by atoms with Crippen molar-refractivity contribution in [2.75, 3.05) is 26.2 Å². The average Bonchev–Trinajstić information content (AvgIpc) is 3.27. The lowest BCUT2D eigenvalue weighted by Crippen LogP contribution is -2.52. The molecule has 1 aromatic heterocycles. The van der Waals surface area contributed by atoms with E-state index in [1.807, 2.05) is 22.9 Å². The molecule has 0 saturated carbocycles. The van der Waals surface area contributed by atoms with Gasteiger partial charge in [-0.15, -0.1) is 5.10 Å². The number of urea groups is 1. The van der Waals surface area contributed by atoms with Gasteiger partial charge in [0.05, 0.1) is 11.6 Å². The summed E-state index contributed by atoms with van der Waals surface area (Å²) in [6.45, 7) is 5.39. The first-order valence-corrected chi connectivity index (χ1v) is 12.4. The predicted molar refractivity (Wildman–Crippen MR) is 136 cm³/mol. The van der Waals surface area contributed by atoms with Crippen molar-refractivity contribution in [2.45, 2.75) is 38.3 Å². The molecule has 178 valence electrons. The van der Waals surface area contributed by atoms with Crippen molar-refractivity contribution >= 4 is 45.8 Å². The largest absolute Gasteiger partial charge is 0.351 e. The van der Waals surface area contributed by atoms with E-state index in [0.29, 0.717) is 16.1 Å². The molecule has 0 bridgehead atoms. The monoisotopic (exact) mass is 498 g/mol. The molecule has 0 spiro atoms. The maximum atomic E-state index is 11.6. The number of carbonyl (C=O) groups excluding carboxylic acids is 1. The number of likely N-dealkylation sites (tertiary alicyclic amines) is 1. The second-order valence-electron chi connectivity index (χ2n) is 9.13. The van der Waals surface area contributed by atoms with Gasteiger partial charge >= 0.3 is 6.03 Å². The molecule has 1 fully saturated rings. The molecular weight excluding hydrogens is 471 g/mol. The number of piperidine rings is 1. The summed E-state index contributed by atoms with van der Waals surface area (Å²) in [7, 11) is 0. The van der Waals surface area contributed by atoms with Gasteiger partial charge < -0.3 is 10.6 Å². The summed E-state index contributed by atoms with van der Waals surface area (Å²) in [5.41, 5.74) is 10.8. The number of hydrogen-bond donors (Lipinski definition) is 1. The Balaban J connectivity index is 1.36. The summed E-state index contributed by atoms with van der Waals surface area (Å²) in [5, 5.41) is 10.0. The number of hydrogen-bond acceptors (Lipinski definition) is 4. The van der Waals surface area contributed by atoms with Gasteiger partial charge in [-0.05, 0) is 67.2 Å². The number of benzene rings is 2. The number of rotatable bonds is 4. The lowest BCUT2D eigenvalue weighted by Gasteiger charge is -2.40. The lowest BCUT2D eigenvalue weighted by molar-refractivity contribution is 0.120. The number of primary amides is 1. The Morgan fingerprint density at radius 3 is 2.76 bits per heavy atom. The molecule has 34 heavy (non-hydrogen) atoms. The third-order valence-electron chi connectivity index (χ3n) is 7.09. The highest BCUT2D eigenvalue weighted by atomic mass is 35.5. The van der Waals surface area contributed by atoms with E-state index in [1.54, 1.807) is 11.0 Å². The topological polar surface area (TPSA) is 80.3 Å². The molecule has 5 rings (SSSR count). The van der Waals surface area contributed by atoms with Crippen molar-refractivity contribution < 1.29 is 4.79 Å². The first-order chi connectivity index (χ1) is 16.4. The van der Waals surface area contributed by atoms with Crippen LogP contribution in [0.2, 0.25) is 10.0 Å². The fraction of sp³-hybridized carbons (Fsp3) is 0.400. The lowest BCUT2D eigenvalue weighted by atomic mass is 9.96. The number of nitrogens with two attached hydrogens (primary N) is 1. The van der Waals surface area contributed by atoms with E-state index in [-0.39, 0.29) is 12.1 Å². The zero-order valence-corrected chi connectivity index (χ0v) is 20.6. The summed E-state index contributed by atoms with van der Waals surface area (Å²) in [6, 6.07) is 11.8. The van der Waals surface area contributed by atoms with Crippen molar-refractivity contribution in [3.63, 3.8) is 0 Å². The molecule has 0 aliphatic carbocycles. The second-order valence-corrected chi connectivity index (χ2v) is 9.98. The first kappa shape index (κ1) is 23.1. The average molecular weight is 499 g/mol. The summed E-state index contributed by atoms with van der Waals surface area (Å²) < 4.78 is 1.92. The van der Waals surface area contributed by atoms with Crippen molar-refractivity contribution in [2.24, 2.45) is 5.73 Å². The second kappa shape index (κ2) is 9.56. The maximum Gasteiger partial charge on any atom is 0.314 e. The van der Waals surface area contributed by atoms with Crippen LogP contribution in [0.25, 0.3) is 16.6 Å². The molecule has 1 saturated heterocycles. The van der Waals surface area contributed by atoms with Crippen LogP contribution in [0, 0.1) is 0 Å². The number of nitrogens with zero attached hydrogens (tertiary/aromatic N) is 5. The van der Waals surface area contributed by atoms with Crippen LogP contribution in [0.15, 0.2) is 42.5 Å². The fourth-order valence-corrected chi connectivity index (χ4v) is 5.69. The third kappa shape index (κ3) is 4.52. The Kier molecular flexibility index (Phi) is 6.51. The van der Waals surface area contributed by atoms with E-state index in [0.717, 1.165) is 62.0 Å². The third-order valence-corrected chi connectivity index (χ3v) is 7.65. The van der Waals surface area contributed by atoms with Crippen LogP contribution in [0.5, 0.6) is 0 Å². The SMILES string of the molecule is C[C@H](c1ccc(Cl)cc1Cl)n1nnc2ccc(C3=CCN(C4CCCN(C(N)=O)C4)CC3)cc21. The van der Waals surface area contributed by atoms with E-state index in [1.165, 1.54) is 11.1 Å². The Labute approximate surface area is 209 Å². The summed E-state index contributed by atoms with van der Waals surface area (Å²) >= 11 is 12.5. The highest BCUT2D eigenvalue weighted by Gasteiger charge is 2.28. The van der Waals surface area contributed by atoms with Crippen molar-refractivity contribution in [3.05, 3.63) is 63.6 Å². The highest BCUT2D eigenvalue weighted by molar-refractivity contribution is 6.35. The van der Waals surface area contributed by atoms with Gasteiger partial charge in [0.2, 0.25) is 0 Å². The van der Waals surface area contributed by atoms with Crippen LogP contribution in [0.1, 0.15) is 43.4 Å². The number of halogens is 2. The van der Waals surface area contributed by atoms with Gasteiger partial charge in [-0.25, -0.2) is 9.48 Å². The maximum absolute atomic E-state index is 11.6. The Morgan fingerprint density at radius 1 is 1.18 bits per heavy atom. The van der Waals surface area contributed by atoms with E-state index in [2.05, 4.69) is 40.3 Å². The fourth-order valence-electron chi connectivity index (χ4n) is 5.13. The molecular formula is C25H28Cl2N6O. The number of carbonyl (C=O) groups is 1. The van der Waals surface area contributed by atoms with Gasteiger partial charge in [-0.3, -0.25) is 4.90 Å². The molecule has 2 N–H and O–H groups in total. The summed E-state index contributed by atoms with van der Waals surface area (Å²) in [6.07, 6.45) is 5.37. The van der Waals surface area contributed by atoms with Crippen LogP contribution in [0.4, 0.5) is 4.79 Å². The molecule has 3 aromatic rings. The van der Waals surface area contributed by atoms with Gasteiger partial charge in [-0.1, -0.05) is 46.6 Å². The quantitative estimate of drug-likeness (QED) is 0.549. The van der Waals surface area contributed by atoms with Crippen LogP contribution in [0.3, 0.4) is 0 Å². The minimum atomic E-state index is -0.314.